The highest BCUT2D eigenvalue weighted by molar-refractivity contribution is 9.10. The van der Waals surface area contributed by atoms with Crippen LogP contribution >= 0.6 is 15.9 Å². The number of amides is 2. The van der Waals surface area contributed by atoms with Crippen molar-refractivity contribution in [2.45, 2.75) is 13.3 Å². The molecular weight excluding hydrogens is 312 g/mol. The van der Waals surface area contributed by atoms with Crippen molar-refractivity contribution in [3.05, 3.63) is 28.7 Å². The summed E-state index contributed by atoms with van der Waals surface area (Å²) in [7, 11) is 0. The predicted molar refractivity (Wildman–Crippen MR) is 74.4 cm³/mol. The molecule has 0 unspecified atom stereocenters. The molecule has 1 fully saturated rings. The highest BCUT2D eigenvalue weighted by Crippen LogP contribution is 2.31. The zero-order valence-electron chi connectivity index (χ0n) is 10.6. The van der Waals surface area contributed by atoms with Crippen molar-refractivity contribution in [3.8, 4) is 0 Å². The van der Waals surface area contributed by atoms with Gasteiger partial charge < -0.3 is 4.90 Å². The van der Waals surface area contributed by atoms with Crippen molar-refractivity contribution in [2.75, 3.05) is 18.1 Å². The number of benzene rings is 1. The third-order valence-corrected chi connectivity index (χ3v) is 3.63. The first-order valence-corrected chi connectivity index (χ1v) is 6.89. The lowest BCUT2D eigenvalue weighted by atomic mass is 10.1. The van der Waals surface area contributed by atoms with E-state index in [1.807, 2.05) is 24.3 Å². The largest absolute Gasteiger partial charge is 0.310 e. The van der Waals surface area contributed by atoms with E-state index in [1.54, 1.807) is 11.8 Å². The molecular formula is C13H15BrN2O3. The molecule has 5 nitrogen and oxygen atoms in total. The number of carbonyl (C=O) groups is 2. The number of hydrogen-bond acceptors (Lipinski definition) is 3. The molecule has 2 amide bonds. The van der Waals surface area contributed by atoms with Gasteiger partial charge in [0.05, 0.1) is 18.2 Å². The van der Waals surface area contributed by atoms with Crippen molar-refractivity contribution in [1.29, 1.82) is 0 Å². The molecule has 1 atom stereocenters. The van der Waals surface area contributed by atoms with Crippen LogP contribution in [0, 0.1) is 5.92 Å². The number of anilines is 1. The van der Waals surface area contributed by atoms with Crippen LogP contribution in [0.1, 0.15) is 13.3 Å². The van der Waals surface area contributed by atoms with Crippen LogP contribution in [0.3, 0.4) is 0 Å². The fourth-order valence-corrected chi connectivity index (χ4v) is 2.51. The van der Waals surface area contributed by atoms with E-state index in [0.29, 0.717) is 13.2 Å². The van der Waals surface area contributed by atoms with Crippen molar-refractivity contribution in [2.24, 2.45) is 5.92 Å². The maximum Gasteiger partial charge on any atom is 0.248 e. The Hall–Kier alpha value is -1.40. The fourth-order valence-electron chi connectivity index (χ4n) is 2.01. The first kappa shape index (κ1) is 14.0. The summed E-state index contributed by atoms with van der Waals surface area (Å²) in [5.74, 6) is -0.667. The van der Waals surface area contributed by atoms with Crippen LogP contribution in [0.25, 0.3) is 0 Å². The maximum absolute atomic E-state index is 12.0. The molecule has 0 aliphatic carbocycles. The van der Waals surface area contributed by atoms with Crippen LogP contribution in [-0.4, -0.2) is 25.0 Å². The molecule has 1 saturated heterocycles. The Bertz CT molecular complexity index is 493. The summed E-state index contributed by atoms with van der Waals surface area (Å²) < 4.78 is 0.842. The van der Waals surface area contributed by atoms with Crippen LogP contribution in [0.4, 0.5) is 5.69 Å². The van der Waals surface area contributed by atoms with Gasteiger partial charge in [-0.3, -0.25) is 14.4 Å². The van der Waals surface area contributed by atoms with E-state index >= 15 is 0 Å². The number of hydrogen-bond donors (Lipinski definition) is 1. The zero-order chi connectivity index (χ0) is 13.8. The lowest BCUT2D eigenvalue weighted by Crippen LogP contribution is -2.33. The van der Waals surface area contributed by atoms with Gasteiger partial charge in [-0.1, -0.05) is 12.1 Å². The van der Waals surface area contributed by atoms with Gasteiger partial charge in [-0.2, -0.15) is 0 Å². The molecule has 0 saturated carbocycles. The summed E-state index contributed by atoms with van der Waals surface area (Å²) in [6.45, 7) is 2.56. The van der Waals surface area contributed by atoms with E-state index in [-0.39, 0.29) is 24.2 Å². The van der Waals surface area contributed by atoms with E-state index in [1.165, 1.54) is 0 Å². The van der Waals surface area contributed by atoms with E-state index in [4.69, 9.17) is 4.84 Å². The lowest BCUT2D eigenvalue weighted by molar-refractivity contribution is -0.137. The summed E-state index contributed by atoms with van der Waals surface area (Å²) in [6.07, 6.45) is 0.209. The van der Waals surface area contributed by atoms with Gasteiger partial charge in [0, 0.05) is 17.4 Å². The minimum atomic E-state index is -0.369. The van der Waals surface area contributed by atoms with E-state index < -0.39 is 0 Å². The Labute approximate surface area is 120 Å². The van der Waals surface area contributed by atoms with Gasteiger partial charge in [0.15, 0.2) is 0 Å². The monoisotopic (exact) mass is 326 g/mol. The van der Waals surface area contributed by atoms with Crippen molar-refractivity contribution < 1.29 is 14.4 Å². The molecule has 6 heteroatoms. The number of rotatable bonds is 4. The second-order valence-electron chi connectivity index (χ2n) is 4.26. The normalized spacial score (nSPS) is 18.7. The van der Waals surface area contributed by atoms with Crippen molar-refractivity contribution in [3.63, 3.8) is 0 Å². The maximum atomic E-state index is 12.0. The van der Waals surface area contributed by atoms with Crippen molar-refractivity contribution in [1.82, 2.24) is 5.48 Å². The third-order valence-electron chi connectivity index (χ3n) is 2.96. The number of nitrogens with one attached hydrogen (secondary N) is 1. The van der Waals surface area contributed by atoms with Crippen LogP contribution in [0.5, 0.6) is 0 Å². The first-order chi connectivity index (χ1) is 9.13. The summed E-state index contributed by atoms with van der Waals surface area (Å²) in [6, 6.07) is 7.47. The molecule has 0 radical (unpaired) electrons. The average molecular weight is 327 g/mol. The first-order valence-electron chi connectivity index (χ1n) is 6.10. The molecule has 1 aliphatic heterocycles. The molecule has 1 aromatic rings. The number of hydroxylamine groups is 1. The number of nitrogens with zero attached hydrogens (tertiary/aromatic N) is 1. The summed E-state index contributed by atoms with van der Waals surface area (Å²) in [4.78, 5) is 30.3. The van der Waals surface area contributed by atoms with Gasteiger partial charge >= 0.3 is 0 Å². The van der Waals surface area contributed by atoms with Gasteiger partial charge in [0.25, 0.3) is 0 Å². The van der Waals surface area contributed by atoms with Crippen LogP contribution < -0.4 is 10.4 Å². The molecule has 0 aromatic heterocycles. The van der Waals surface area contributed by atoms with Gasteiger partial charge in [-0.15, -0.1) is 0 Å². The average Bonchev–Trinajstić information content (AvgIpc) is 2.78. The smallest absolute Gasteiger partial charge is 0.248 e. The van der Waals surface area contributed by atoms with Gasteiger partial charge in [0.2, 0.25) is 11.8 Å². The quantitative estimate of drug-likeness (QED) is 0.859. The predicted octanol–water partition coefficient (Wildman–Crippen LogP) is 1.87. The highest BCUT2D eigenvalue weighted by atomic mass is 79.9. The van der Waals surface area contributed by atoms with Crippen LogP contribution in [0.2, 0.25) is 0 Å². The Morgan fingerprint density at radius 2 is 2.26 bits per heavy atom. The van der Waals surface area contributed by atoms with E-state index in [9.17, 15) is 9.59 Å². The van der Waals surface area contributed by atoms with Crippen LogP contribution in [0.15, 0.2) is 28.7 Å². The van der Waals surface area contributed by atoms with E-state index in [2.05, 4.69) is 21.4 Å². The minimum Gasteiger partial charge on any atom is -0.310 e. The van der Waals surface area contributed by atoms with Gasteiger partial charge in [-0.25, -0.2) is 5.48 Å². The molecule has 1 aromatic carbocycles. The summed E-state index contributed by atoms with van der Waals surface area (Å²) in [5.41, 5.74) is 3.14. The second kappa shape index (κ2) is 6.16. The summed E-state index contributed by atoms with van der Waals surface area (Å²) in [5, 5.41) is 0. The lowest BCUT2D eigenvalue weighted by Gasteiger charge is -2.18. The molecule has 0 spiro atoms. The Morgan fingerprint density at radius 1 is 1.53 bits per heavy atom. The molecule has 2 rings (SSSR count). The molecule has 1 aliphatic rings. The molecule has 0 bridgehead atoms. The van der Waals surface area contributed by atoms with Gasteiger partial charge in [0.1, 0.15) is 0 Å². The van der Waals surface area contributed by atoms with Crippen LogP contribution in [-0.2, 0) is 14.4 Å². The highest BCUT2D eigenvalue weighted by Gasteiger charge is 2.35. The Morgan fingerprint density at radius 3 is 2.95 bits per heavy atom. The second-order valence-corrected chi connectivity index (χ2v) is 5.11. The SMILES string of the molecule is CCONC(=O)[C@H]1CC(=O)N(c2ccccc2Br)C1. The minimum absolute atomic E-state index is 0.0523. The fraction of sp³-hybridized carbons (Fsp3) is 0.385. The number of halogens is 1. The number of para-hydroxylation sites is 1. The topological polar surface area (TPSA) is 58.6 Å². The molecule has 1 N–H and O–H groups in total. The summed E-state index contributed by atoms with van der Waals surface area (Å²) >= 11 is 3.41. The number of carbonyl (C=O) groups excluding carboxylic acids is 2. The Kier molecular flexibility index (Phi) is 4.55. The zero-order valence-corrected chi connectivity index (χ0v) is 12.1. The molecule has 1 heterocycles. The molecule has 102 valence electrons. The molecule has 19 heavy (non-hydrogen) atoms. The Balaban J connectivity index is 2.08. The third kappa shape index (κ3) is 3.13. The van der Waals surface area contributed by atoms with E-state index in [0.717, 1.165) is 10.2 Å². The standard InChI is InChI=1S/C13H15BrN2O3/c1-2-19-15-13(18)9-7-12(17)16(8-9)11-6-4-3-5-10(11)14/h3-6,9H,2,7-8H2,1H3,(H,15,18)/t9-/m0/s1. The van der Waals surface area contributed by atoms with Crippen molar-refractivity contribution >= 4 is 33.4 Å². The van der Waals surface area contributed by atoms with Gasteiger partial charge in [-0.05, 0) is 35.0 Å².